The molecular formula is C11H17N5O9P2. The number of hydrogen-bond acceptors (Lipinski definition) is 9. The lowest BCUT2D eigenvalue weighted by atomic mass is 10.2. The number of rotatable bonds is 7. The SMILES string of the molecule is CNc1ncnc2c1ncn2C1C[C@H](OP(=O)(O)O)[C@@H](COP(=O)(O)O)O1. The predicted molar refractivity (Wildman–Crippen MR) is 88.3 cm³/mol. The van der Waals surface area contributed by atoms with Crippen molar-refractivity contribution in [3.8, 4) is 0 Å². The number of fused-ring (bicyclic) bond motifs is 1. The van der Waals surface area contributed by atoms with E-state index in [1.165, 1.54) is 17.2 Å². The summed E-state index contributed by atoms with van der Waals surface area (Å²) in [6, 6.07) is 0. The van der Waals surface area contributed by atoms with Crippen molar-refractivity contribution < 1.29 is 42.5 Å². The monoisotopic (exact) mass is 425 g/mol. The first-order valence-corrected chi connectivity index (χ1v) is 10.6. The zero-order valence-electron chi connectivity index (χ0n) is 13.8. The van der Waals surface area contributed by atoms with Crippen LogP contribution in [0.15, 0.2) is 12.7 Å². The van der Waals surface area contributed by atoms with Crippen LogP contribution in [-0.4, -0.2) is 65.0 Å². The van der Waals surface area contributed by atoms with Crippen molar-refractivity contribution in [3.05, 3.63) is 12.7 Å². The Hall–Kier alpha value is -1.47. The minimum absolute atomic E-state index is 0.0371. The molecule has 3 heterocycles. The summed E-state index contributed by atoms with van der Waals surface area (Å²) in [6.45, 7) is -0.630. The maximum Gasteiger partial charge on any atom is 0.469 e. The molecule has 14 nitrogen and oxygen atoms in total. The van der Waals surface area contributed by atoms with E-state index in [1.807, 2.05) is 0 Å². The number of nitrogens with one attached hydrogen (secondary N) is 1. The van der Waals surface area contributed by atoms with Crippen LogP contribution >= 0.6 is 15.6 Å². The normalized spacial score (nSPS) is 23.8. The molecule has 0 bridgehead atoms. The third-order valence-electron chi connectivity index (χ3n) is 3.77. The largest absolute Gasteiger partial charge is 0.469 e. The molecular weight excluding hydrogens is 408 g/mol. The van der Waals surface area contributed by atoms with Gasteiger partial charge in [-0.1, -0.05) is 0 Å². The number of phosphoric acid groups is 2. The van der Waals surface area contributed by atoms with Gasteiger partial charge in [-0.05, 0) is 0 Å². The summed E-state index contributed by atoms with van der Waals surface area (Å²) in [6.07, 6.45) is -0.449. The molecule has 0 amide bonds. The van der Waals surface area contributed by atoms with E-state index < -0.39 is 40.7 Å². The molecule has 2 aromatic rings. The lowest BCUT2D eigenvalue weighted by Gasteiger charge is -2.19. The van der Waals surface area contributed by atoms with Crippen LogP contribution in [0.5, 0.6) is 0 Å². The number of ether oxygens (including phenoxy) is 1. The first kappa shape index (κ1) is 20.3. The molecule has 3 atom stereocenters. The van der Waals surface area contributed by atoms with E-state index in [9.17, 15) is 9.13 Å². The first-order chi connectivity index (χ1) is 12.6. The Kier molecular flexibility index (Phi) is 5.64. The average Bonchev–Trinajstić information content (AvgIpc) is 3.14. The predicted octanol–water partition coefficient (Wildman–Crippen LogP) is -0.257. The fraction of sp³-hybridized carbons (Fsp3) is 0.545. The van der Waals surface area contributed by atoms with Crippen LogP contribution in [0.1, 0.15) is 12.6 Å². The van der Waals surface area contributed by atoms with Gasteiger partial charge >= 0.3 is 15.6 Å². The Morgan fingerprint density at radius 2 is 2.00 bits per heavy atom. The zero-order chi connectivity index (χ0) is 19.8. The van der Waals surface area contributed by atoms with Gasteiger partial charge in [0.05, 0.1) is 12.9 Å². The summed E-state index contributed by atoms with van der Waals surface area (Å²) < 4.78 is 38.4. The number of anilines is 1. The van der Waals surface area contributed by atoms with Crippen molar-refractivity contribution in [3.63, 3.8) is 0 Å². The minimum Gasteiger partial charge on any atom is -0.371 e. The lowest BCUT2D eigenvalue weighted by Crippen LogP contribution is -2.28. The van der Waals surface area contributed by atoms with Gasteiger partial charge in [0.2, 0.25) is 0 Å². The molecule has 27 heavy (non-hydrogen) atoms. The van der Waals surface area contributed by atoms with Crippen molar-refractivity contribution in [1.29, 1.82) is 0 Å². The van der Waals surface area contributed by atoms with E-state index in [0.29, 0.717) is 17.0 Å². The second kappa shape index (κ2) is 7.51. The highest BCUT2D eigenvalue weighted by atomic mass is 31.2. The zero-order valence-corrected chi connectivity index (χ0v) is 15.6. The number of nitrogens with zero attached hydrogens (tertiary/aromatic N) is 4. The maximum absolute atomic E-state index is 11.2. The highest BCUT2D eigenvalue weighted by Gasteiger charge is 2.42. The molecule has 150 valence electrons. The topological polar surface area (TPSA) is 198 Å². The van der Waals surface area contributed by atoms with E-state index in [4.69, 9.17) is 28.8 Å². The van der Waals surface area contributed by atoms with Crippen molar-refractivity contribution >= 4 is 32.6 Å². The van der Waals surface area contributed by atoms with Crippen LogP contribution < -0.4 is 5.32 Å². The standard InChI is InChI=1S/C11H17N5O9P2/c1-12-10-9-11(14-4-13-10)16(5-15-9)8-2-6(25-27(20,21)22)7(24-8)3-23-26(17,18)19/h4-8H,2-3H2,1H3,(H,12,13,14)(H2,17,18,19)(H2,20,21,22)/t6-,7+,8?/m0/s1. The number of phosphoric ester groups is 2. The van der Waals surface area contributed by atoms with Gasteiger partial charge < -0.3 is 29.6 Å². The summed E-state index contributed by atoms with van der Waals surface area (Å²) in [5.41, 5.74) is 0.844. The van der Waals surface area contributed by atoms with E-state index >= 15 is 0 Å². The van der Waals surface area contributed by atoms with Crippen molar-refractivity contribution in [2.24, 2.45) is 0 Å². The second-order valence-corrected chi connectivity index (χ2v) is 8.01. The Morgan fingerprint density at radius 1 is 1.26 bits per heavy atom. The number of aromatic nitrogens is 4. The maximum atomic E-state index is 11.2. The number of hydrogen-bond donors (Lipinski definition) is 5. The van der Waals surface area contributed by atoms with E-state index in [1.54, 1.807) is 7.05 Å². The molecule has 1 saturated heterocycles. The lowest BCUT2D eigenvalue weighted by molar-refractivity contribution is -0.0417. The van der Waals surface area contributed by atoms with Crippen LogP contribution in [0, 0.1) is 0 Å². The van der Waals surface area contributed by atoms with Gasteiger partial charge in [-0.25, -0.2) is 24.1 Å². The highest BCUT2D eigenvalue weighted by Crippen LogP contribution is 2.45. The van der Waals surface area contributed by atoms with Crippen molar-refractivity contribution in [1.82, 2.24) is 19.5 Å². The van der Waals surface area contributed by atoms with Gasteiger partial charge in [-0.3, -0.25) is 13.6 Å². The fourth-order valence-corrected chi connectivity index (χ4v) is 3.64. The molecule has 0 saturated carbocycles. The number of imidazole rings is 1. The Morgan fingerprint density at radius 3 is 2.63 bits per heavy atom. The summed E-state index contributed by atoms with van der Waals surface area (Å²) >= 11 is 0. The van der Waals surface area contributed by atoms with Crippen LogP contribution in [0.4, 0.5) is 5.82 Å². The van der Waals surface area contributed by atoms with Gasteiger partial charge in [-0.15, -0.1) is 0 Å². The molecule has 0 spiro atoms. The van der Waals surface area contributed by atoms with Crippen LogP contribution in [0.25, 0.3) is 11.2 Å². The molecule has 3 rings (SSSR count). The van der Waals surface area contributed by atoms with Gasteiger partial charge in [0.1, 0.15) is 30.3 Å². The van der Waals surface area contributed by atoms with Gasteiger partial charge in [-0.2, -0.15) is 0 Å². The molecule has 5 N–H and O–H groups in total. The molecule has 16 heteroatoms. The molecule has 0 aromatic carbocycles. The Bertz CT molecular complexity index is 911. The van der Waals surface area contributed by atoms with Crippen molar-refractivity contribution in [2.75, 3.05) is 19.0 Å². The molecule has 0 radical (unpaired) electrons. The van der Waals surface area contributed by atoms with Crippen molar-refractivity contribution in [2.45, 2.75) is 24.9 Å². The van der Waals surface area contributed by atoms with Gasteiger partial charge in [0, 0.05) is 13.5 Å². The van der Waals surface area contributed by atoms with E-state index in [-0.39, 0.29) is 6.42 Å². The van der Waals surface area contributed by atoms with E-state index in [0.717, 1.165) is 0 Å². The molecule has 1 aliphatic heterocycles. The molecule has 0 aliphatic carbocycles. The smallest absolute Gasteiger partial charge is 0.371 e. The Labute approximate surface area is 152 Å². The Balaban J connectivity index is 1.86. The second-order valence-electron chi connectivity index (χ2n) is 5.58. The van der Waals surface area contributed by atoms with Gasteiger partial charge in [0.25, 0.3) is 0 Å². The van der Waals surface area contributed by atoms with Crippen LogP contribution in [0.2, 0.25) is 0 Å². The summed E-state index contributed by atoms with van der Waals surface area (Å²) in [7, 11) is -8.02. The summed E-state index contributed by atoms with van der Waals surface area (Å²) in [5.74, 6) is 0.473. The highest BCUT2D eigenvalue weighted by molar-refractivity contribution is 7.46. The molecule has 2 aromatic heterocycles. The quantitative estimate of drug-likeness (QED) is 0.364. The van der Waals surface area contributed by atoms with Crippen LogP contribution in [-0.2, 0) is 22.9 Å². The minimum atomic E-state index is -4.87. The molecule has 1 aliphatic rings. The third-order valence-corrected chi connectivity index (χ3v) is 4.80. The van der Waals surface area contributed by atoms with Crippen LogP contribution in [0.3, 0.4) is 0 Å². The average molecular weight is 425 g/mol. The molecule has 1 unspecified atom stereocenters. The first-order valence-electron chi connectivity index (χ1n) is 7.52. The molecule has 1 fully saturated rings. The van der Waals surface area contributed by atoms with E-state index in [2.05, 4.69) is 24.8 Å². The summed E-state index contributed by atoms with van der Waals surface area (Å²) in [5, 5.41) is 2.86. The third kappa shape index (κ3) is 4.88. The summed E-state index contributed by atoms with van der Waals surface area (Å²) in [4.78, 5) is 48.2. The van der Waals surface area contributed by atoms with Gasteiger partial charge in [0.15, 0.2) is 11.5 Å². The fourth-order valence-electron chi connectivity index (χ4n) is 2.72.